The van der Waals surface area contributed by atoms with Gasteiger partial charge in [-0.15, -0.1) is 0 Å². The van der Waals surface area contributed by atoms with Gasteiger partial charge in [-0.1, -0.05) is 11.6 Å². The van der Waals surface area contributed by atoms with Gasteiger partial charge in [-0.2, -0.15) is 5.10 Å². The molecule has 0 spiro atoms. The van der Waals surface area contributed by atoms with Crippen LogP contribution in [0.5, 0.6) is 0 Å². The van der Waals surface area contributed by atoms with E-state index in [2.05, 4.69) is 10.1 Å². The van der Waals surface area contributed by atoms with E-state index >= 15 is 0 Å². The lowest BCUT2D eigenvalue weighted by atomic mass is 10.5. The maximum absolute atomic E-state index is 10.5. The molecule has 60 valence electrons. The summed E-state index contributed by atoms with van der Waals surface area (Å²) in [6, 6.07) is 3.34. The van der Waals surface area contributed by atoms with Gasteiger partial charge in [0.1, 0.15) is 17.5 Å². The van der Waals surface area contributed by atoms with Crippen molar-refractivity contribution in [1.82, 2.24) is 14.6 Å². The Morgan fingerprint density at radius 2 is 2.33 bits per heavy atom. The van der Waals surface area contributed by atoms with Crippen molar-refractivity contribution in [1.29, 1.82) is 0 Å². The van der Waals surface area contributed by atoms with Crippen molar-refractivity contribution in [2.45, 2.75) is 0 Å². The number of carbonyl (C=O) groups excluding carboxylic acids is 1. The number of aldehydes is 1. The molecule has 2 aromatic heterocycles. The molecule has 2 heterocycles. The second-order valence-electron chi connectivity index (χ2n) is 2.22. The Morgan fingerprint density at radius 1 is 1.50 bits per heavy atom. The molecule has 4 nitrogen and oxygen atoms in total. The van der Waals surface area contributed by atoms with E-state index in [1.54, 1.807) is 12.1 Å². The predicted octanol–water partition coefficient (Wildman–Crippen LogP) is 1.20. The molecule has 0 fully saturated rings. The summed E-state index contributed by atoms with van der Waals surface area (Å²) in [5.74, 6) is 0. The van der Waals surface area contributed by atoms with Crippen LogP contribution in [-0.4, -0.2) is 20.9 Å². The number of hydrogen-bond donors (Lipinski definition) is 0. The van der Waals surface area contributed by atoms with Gasteiger partial charge in [-0.05, 0) is 12.1 Å². The normalized spacial score (nSPS) is 10.4. The third-order valence-corrected chi connectivity index (χ3v) is 1.85. The molecular formula is C7H4ClN3O. The van der Waals surface area contributed by atoms with Gasteiger partial charge < -0.3 is 0 Å². The van der Waals surface area contributed by atoms with E-state index in [0.717, 1.165) is 6.29 Å². The molecule has 0 radical (unpaired) electrons. The summed E-state index contributed by atoms with van der Waals surface area (Å²) in [4.78, 5) is 14.2. The van der Waals surface area contributed by atoms with Gasteiger partial charge in [0.05, 0.1) is 0 Å². The number of carbonyl (C=O) groups is 1. The first-order chi connectivity index (χ1) is 5.83. The Balaban J connectivity index is 2.88. The highest BCUT2D eigenvalue weighted by Crippen LogP contribution is 2.14. The number of halogens is 1. The van der Waals surface area contributed by atoms with E-state index in [9.17, 15) is 4.79 Å². The van der Waals surface area contributed by atoms with E-state index in [0.29, 0.717) is 16.4 Å². The first-order valence-electron chi connectivity index (χ1n) is 3.26. The molecule has 5 heteroatoms. The molecule has 0 aromatic carbocycles. The Morgan fingerprint density at radius 3 is 3.08 bits per heavy atom. The fourth-order valence-corrected chi connectivity index (χ4v) is 1.20. The molecule has 0 N–H and O–H groups in total. The van der Waals surface area contributed by atoms with Gasteiger partial charge in [0.25, 0.3) is 0 Å². The standard InChI is InChI=1S/C7H4ClN3O/c8-7-6-2-1-5(3-12)11(6)10-4-9-7/h1-4H. The second-order valence-corrected chi connectivity index (χ2v) is 2.58. The molecule has 0 bridgehead atoms. The highest BCUT2D eigenvalue weighted by atomic mass is 35.5. The monoisotopic (exact) mass is 181 g/mol. The van der Waals surface area contributed by atoms with Crippen LogP contribution in [0.2, 0.25) is 5.15 Å². The van der Waals surface area contributed by atoms with Crippen LogP contribution >= 0.6 is 11.6 Å². The zero-order valence-electron chi connectivity index (χ0n) is 5.94. The van der Waals surface area contributed by atoms with Crippen molar-refractivity contribution < 1.29 is 4.79 Å². The molecule has 0 saturated heterocycles. The number of nitrogens with zero attached hydrogens (tertiary/aromatic N) is 3. The van der Waals surface area contributed by atoms with Crippen LogP contribution < -0.4 is 0 Å². The van der Waals surface area contributed by atoms with Gasteiger partial charge in [-0.25, -0.2) is 9.50 Å². The molecule has 0 aliphatic rings. The van der Waals surface area contributed by atoms with Crippen molar-refractivity contribution in [2.24, 2.45) is 0 Å². The first kappa shape index (κ1) is 7.24. The van der Waals surface area contributed by atoms with Crippen molar-refractivity contribution in [3.05, 3.63) is 29.3 Å². The topological polar surface area (TPSA) is 47.3 Å². The lowest BCUT2D eigenvalue weighted by Crippen LogP contribution is -1.96. The van der Waals surface area contributed by atoms with Crippen LogP contribution in [0.25, 0.3) is 5.52 Å². The molecule has 12 heavy (non-hydrogen) atoms. The first-order valence-corrected chi connectivity index (χ1v) is 3.64. The predicted molar refractivity (Wildman–Crippen MR) is 43.4 cm³/mol. The highest BCUT2D eigenvalue weighted by Gasteiger charge is 2.04. The zero-order chi connectivity index (χ0) is 8.55. The third-order valence-electron chi connectivity index (χ3n) is 1.56. The summed E-state index contributed by atoms with van der Waals surface area (Å²) in [6.45, 7) is 0. The Bertz CT molecular complexity index is 437. The lowest BCUT2D eigenvalue weighted by molar-refractivity contribution is 0.111. The highest BCUT2D eigenvalue weighted by molar-refractivity contribution is 6.32. The van der Waals surface area contributed by atoms with Crippen molar-refractivity contribution in [2.75, 3.05) is 0 Å². The molecule has 0 atom stereocenters. The van der Waals surface area contributed by atoms with Crippen LogP contribution in [0.15, 0.2) is 18.5 Å². The van der Waals surface area contributed by atoms with Crippen LogP contribution in [0, 0.1) is 0 Å². The summed E-state index contributed by atoms with van der Waals surface area (Å²) in [7, 11) is 0. The molecule has 0 aliphatic heterocycles. The van der Waals surface area contributed by atoms with Gasteiger partial charge >= 0.3 is 0 Å². The number of aromatic nitrogens is 3. The minimum atomic E-state index is 0.345. The van der Waals surface area contributed by atoms with E-state index in [4.69, 9.17) is 11.6 Å². The molecule has 0 aliphatic carbocycles. The third kappa shape index (κ3) is 0.887. The average Bonchev–Trinajstić information content (AvgIpc) is 2.49. The maximum Gasteiger partial charge on any atom is 0.168 e. The Hall–Kier alpha value is -1.42. The molecule has 0 saturated carbocycles. The number of fused-ring (bicyclic) bond motifs is 1. The van der Waals surface area contributed by atoms with Crippen LogP contribution in [0.4, 0.5) is 0 Å². The number of rotatable bonds is 1. The summed E-state index contributed by atoms with van der Waals surface area (Å²) in [6.07, 6.45) is 2.03. The Kier molecular flexibility index (Phi) is 1.55. The molecular weight excluding hydrogens is 178 g/mol. The van der Waals surface area contributed by atoms with E-state index in [1.807, 2.05) is 0 Å². The van der Waals surface area contributed by atoms with E-state index in [-0.39, 0.29) is 0 Å². The molecule has 2 aromatic rings. The fourth-order valence-electron chi connectivity index (χ4n) is 1.01. The van der Waals surface area contributed by atoms with Crippen LogP contribution in [0.1, 0.15) is 10.5 Å². The van der Waals surface area contributed by atoms with Crippen molar-refractivity contribution in [3.8, 4) is 0 Å². The molecule has 0 unspecified atom stereocenters. The summed E-state index contributed by atoms with van der Waals surface area (Å²) >= 11 is 5.74. The molecule has 2 rings (SSSR count). The van der Waals surface area contributed by atoms with Crippen LogP contribution in [-0.2, 0) is 0 Å². The minimum absolute atomic E-state index is 0.345. The van der Waals surface area contributed by atoms with Crippen molar-refractivity contribution in [3.63, 3.8) is 0 Å². The quantitative estimate of drug-likeness (QED) is 0.621. The lowest BCUT2D eigenvalue weighted by Gasteiger charge is -1.94. The Labute approximate surface area is 72.8 Å². The zero-order valence-corrected chi connectivity index (χ0v) is 6.69. The molecule has 0 amide bonds. The maximum atomic E-state index is 10.5. The van der Waals surface area contributed by atoms with E-state index < -0.39 is 0 Å². The van der Waals surface area contributed by atoms with Crippen molar-refractivity contribution >= 4 is 23.4 Å². The summed E-state index contributed by atoms with van der Waals surface area (Å²) in [5, 5.41) is 4.21. The van der Waals surface area contributed by atoms with Gasteiger partial charge in [0, 0.05) is 0 Å². The largest absolute Gasteiger partial charge is 0.296 e. The smallest absolute Gasteiger partial charge is 0.168 e. The number of hydrogen-bond acceptors (Lipinski definition) is 3. The van der Waals surface area contributed by atoms with Gasteiger partial charge in [-0.3, -0.25) is 4.79 Å². The van der Waals surface area contributed by atoms with E-state index in [1.165, 1.54) is 10.8 Å². The minimum Gasteiger partial charge on any atom is -0.296 e. The van der Waals surface area contributed by atoms with Gasteiger partial charge in [0.2, 0.25) is 0 Å². The average molecular weight is 182 g/mol. The van der Waals surface area contributed by atoms with Gasteiger partial charge in [0.15, 0.2) is 11.4 Å². The van der Waals surface area contributed by atoms with Crippen LogP contribution in [0.3, 0.4) is 0 Å². The summed E-state index contributed by atoms with van der Waals surface area (Å²) in [5.41, 5.74) is 1.11. The fraction of sp³-hybridized carbons (Fsp3) is 0. The second kappa shape index (κ2) is 2.57. The SMILES string of the molecule is O=Cc1ccc2c(Cl)ncnn12. The summed E-state index contributed by atoms with van der Waals surface area (Å²) < 4.78 is 1.45.